The fourth-order valence-electron chi connectivity index (χ4n) is 2.50. The van der Waals surface area contributed by atoms with Gasteiger partial charge in [0.25, 0.3) is 0 Å². The fourth-order valence-corrected chi connectivity index (χ4v) is 2.88. The van der Waals surface area contributed by atoms with Crippen molar-refractivity contribution in [2.24, 2.45) is 0 Å². The summed E-state index contributed by atoms with van der Waals surface area (Å²) in [5, 5.41) is 12.9. The Kier molecular flexibility index (Phi) is 3.94. The number of aliphatic hydroxyl groups is 1. The number of para-hydroxylation sites is 1. The summed E-state index contributed by atoms with van der Waals surface area (Å²) in [5.41, 5.74) is 3.04. The Bertz CT molecular complexity index is 615. The first-order valence-electron chi connectivity index (χ1n) is 6.65. The lowest BCUT2D eigenvalue weighted by Crippen LogP contribution is -2.21. The zero-order chi connectivity index (χ0) is 13.9. The number of ether oxygens (including phenoxy) is 1. The average molecular weight is 334 g/mol. The molecule has 3 rings (SSSR count). The molecular weight excluding hydrogens is 318 g/mol. The number of hydrogen-bond donors (Lipinski definition) is 2. The van der Waals surface area contributed by atoms with Crippen LogP contribution in [0.3, 0.4) is 0 Å². The van der Waals surface area contributed by atoms with Crippen molar-refractivity contribution in [3.63, 3.8) is 0 Å². The molecule has 4 heteroatoms. The molecule has 2 aromatic rings. The Morgan fingerprint density at radius 3 is 2.95 bits per heavy atom. The predicted molar refractivity (Wildman–Crippen MR) is 83.0 cm³/mol. The molecule has 0 bridgehead atoms. The number of nitrogens with one attached hydrogen (secondary N) is 1. The highest BCUT2D eigenvalue weighted by molar-refractivity contribution is 9.10. The molecule has 0 aliphatic carbocycles. The predicted octanol–water partition coefficient (Wildman–Crippen LogP) is 3.88. The van der Waals surface area contributed by atoms with Crippen LogP contribution in [-0.2, 0) is 6.61 Å². The van der Waals surface area contributed by atoms with Gasteiger partial charge < -0.3 is 15.2 Å². The van der Waals surface area contributed by atoms with E-state index in [1.54, 1.807) is 0 Å². The van der Waals surface area contributed by atoms with Crippen molar-refractivity contribution in [3.8, 4) is 5.75 Å². The third-order valence-corrected chi connectivity index (χ3v) is 4.02. The lowest BCUT2D eigenvalue weighted by atomic mass is 10.00. The van der Waals surface area contributed by atoms with Gasteiger partial charge in [0.05, 0.1) is 19.3 Å². The van der Waals surface area contributed by atoms with Crippen LogP contribution in [0.4, 0.5) is 5.69 Å². The standard InChI is InChI=1S/C16H16BrNO2/c17-12-5-6-16-13(9-12)15(7-8-20-16)18-14-4-2-1-3-11(14)10-19/h1-6,9,15,18-19H,7-8,10H2. The second-order valence-corrected chi connectivity index (χ2v) is 5.75. The summed E-state index contributed by atoms with van der Waals surface area (Å²) in [6.45, 7) is 0.741. The van der Waals surface area contributed by atoms with Crippen LogP contribution in [-0.4, -0.2) is 11.7 Å². The van der Waals surface area contributed by atoms with E-state index >= 15 is 0 Å². The van der Waals surface area contributed by atoms with Gasteiger partial charge in [0.15, 0.2) is 0 Å². The summed E-state index contributed by atoms with van der Waals surface area (Å²) < 4.78 is 6.74. The van der Waals surface area contributed by atoms with Gasteiger partial charge in [-0.15, -0.1) is 0 Å². The molecule has 2 N–H and O–H groups in total. The lowest BCUT2D eigenvalue weighted by Gasteiger charge is -2.28. The minimum Gasteiger partial charge on any atom is -0.493 e. The molecule has 20 heavy (non-hydrogen) atoms. The van der Waals surface area contributed by atoms with Crippen LogP contribution < -0.4 is 10.1 Å². The van der Waals surface area contributed by atoms with Crippen molar-refractivity contribution in [1.29, 1.82) is 0 Å². The molecule has 0 fully saturated rings. The van der Waals surface area contributed by atoms with Gasteiger partial charge >= 0.3 is 0 Å². The smallest absolute Gasteiger partial charge is 0.124 e. The van der Waals surface area contributed by atoms with E-state index in [9.17, 15) is 5.11 Å². The van der Waals surface area contributed by atoms with Gasteiger partial charge in [-0.3, -0.25) is 0 Å². The third kappa shape index (κ3) is 2.67. The first kappa shape index (κ1) is 13.5. The van der Waals surface area contributed by atoms with Gasteiger partial charge in [0.2, 0.25) is 0 Å². The Balaban J connectivity index is 1.91. The molecule has 104 valence electrons. The van der Waals surface area contributed by atoms with Crippen LogP contribution >= 0.6 is 15.9 Å². The topological polar surface area (TPSA) is 41.5 Å². The maximum Gasteiger partial charge on any atom is 0.124 e. The fraction of sp³-hybridized carbons (Fsp3) is 0.250. The van der Waals surface area contributed by atoms with Crippen molar-refractivity contribution < 1.29 is 9.84 Å². The number of rotatable bonds is 3. The Morgan fingerprint density at radius 2 is 2.10 bits per heavy atom. The first-order chi connectivity index (χ1) is 9.78. The van der Waals surface area contributed by atoms with Crippen molar-refractivity contribution in [1.82, 2.24) is 0 Å². The Morgan fingerprint density at radius 1 is 1.25 bits per heavy atom. The van der Waals surface area contributed by atoms with E-state index in [1.165, 1.54) is 0 Å². The van der Waals surface area contributed by atoms with Gasteiger partial charge in [-0.1, -0.05) is 34.1 Å². The molecule has 1 heterocycles. The first-order valence-corrected chi connectivity index (χ1v) is 7.45. The summed E-state index contributed by atoms with van der Waals surface area (Å²) in [7, 11) is 0. The van der Waals surface area contributed by atoms with E-state index in [4.69, 9.17) is 4.74 Å². The Labute approximate surface area is 126 Å². The SMILES string of the molecule is OCc1ccccc1NC1CCOc2ccc(Br)cc21. The second-order valence-electron chi connectivity index (χ2n) is 4.83. The van der Waals surface area contributed by atoms with Crippen molar-refractivity contribution >= 4 is 21.6 Å². The summed E-state index contributed by atoms with van der Waals surface area (Å²) in [6, 6.07) is 14.1. The normalized spacial score (nSPS) is 17.2. The molecule has 0 aromatic heterocycles. The molecule has 0 spiro atoms. The number of halogens is 1. The van der Waals surface area contributed by atoms with Crippen LogP contribution in [0.2, 0.25) is 0 Å². The van der Waals surface area contributed by atoms with Gasteiger partial charge in [0, 0.05) is 27.7 Å². The van der Waals surface area contributed by atoms with Gasteiger partial charge in [-0.25, -0.2) is 0 Å². The monoisotopic (exact) mass is 333 g/mol. The Hall–Kier alpha value is -1.52. The minimum atomic E-state index is 0.0394. The molecule has 0 saturated carbocycles. The van der Waals surface area contributed by atoms with E-state index < -0.39 is 0 Å². The highest BCUT2D eigenvalue weighted by atomic mass is 79.9. The van der Waals surface area contributed by atoms with Gasteiger partial charge in [-0.05, 0) is 24.3 Å². The third-order valence-electron chi connectivity index (χ3n) is 3.53. The molecule has 1 aliphatic heterocycles. The molecule has 1 unspecified atom stereocenters. The summed E-state index contributed by atoms with van der Waals surface area (Å²) >= 11 is 3.51. The zero-order valence-electron chi connectivity index (χ0n) is 11.0. The number of hydrogen-bond acceptors (Lipinski definition) is 3. The average Bonchev–Trinajstić information content (AvgIpc) is 2.48. The lowest BCUT2D eigenvalue weighted by molar-refractivity contribution is 0.273. The van der Waals surface area contributed by atoms with Crippen molar-refractivity contribution in [2.45, 2.75) is 19.1 Å². The largest absolute Gasteiger partial charge is 0.493 e. The number of anilines is 1. The summed E-state index contributed by atoms with van der Waals surface area (Å²) in [5.74, 6) is 0.929. The summed E-state index contributed by atoms with van der Waals surface area (Å²) in [6.07, 6.45) is 0.906. The van der Waals surface area contributed by atoms with E-state index in [1.807, 2.05) is 36.4 Å². The minimum absolute atomic E-state index is 0.0394. The van der Waals surface area contributed by atoms with E-state index in [-0.39, 0.29) is 12.6 Å². The van der Waals surface area contributed by atoms with E-state index in [2.05, 4.69) is 27.3 Å². The van der Waals surface area contributed by atoms with Crippen LogP contribution in [0.5, 0.6) is 5.75 Å². The molecular formula is C16H16BrNO2. The molecule has 0 radical (unpaired) electrons. The highest BCUT2D eigenvalue weighted by Gasteiger charge is 2.22. The van der Waals surface area contributed by atoms with Gasteiger partial charge in [0.1, 0.15) is 5.75 Å². The summed E-state index contributed by atoms with van der Waals surface area (Å²) in [4.78, 5) is 0. The molecule has 2 aromatic carbocycles. The highest BCUT2D eigenvalue weighted by Crippen LogP contribution is 2.36. The second kappa shape index (κ2) is 5.85. The van der Waals surface area contributed by atoms with Crippen LogP contribution in [0.25, 0.3) is 0 Å². The van der Waals surface area contributed by atoms with Crippen LogP contribution in [0.1, 0.15) is 23.6 Å². The zero-order valence-corrected chi connectivity index (χ0v) is 12.6. The number of fused-ring (bicyclic) bond motifs is 1. The van der Waals surface area contributed by atoms with E-state index in [0.29, 0.717) is 6.61 Å². The molecule has 0 saturated heterocycles. The molecule has 1 atom stereocenters. The van der Waals surface area contributed by atoms with Gasteiger partial charge in [-0.2, -0.15) is 0 Å². The number of benzene rings is 2. The maximum absolute atomic E-state index is 9.42. The molecule has 1 aliphatic rings. The van der Waals surface area contributed by atoms with E-state index in [0.717, 1.165) is 33.5 Å². The molecule has 0 amide bonds. The van der Waals surface area contributed by atoms with Crippen LogP contribution in [0, 0.1) is 0 Å². The maximum atomic E-state index is 9.42. The quantitative estimate of drug-likeness (QED) is 0.895. The van der Waals surface area contributed by atoms with Crippen molar-refractivity contribution in [2.75, 3.05) is 11.9 Å². The number of aliphatic hydroxyl groups excluding tert-OH is 1. The van der Waals surface area contributed by atoms with Crippen LogP contribution in [0.15, 0.2) is 46.9 Å². The van der Waals surface area contributed by atoms with Crippen molar-refractivity contribution in [3.05, 3.63) is 58.1 Å². The molecule has 3 nitrogen and oxygen atoms in total.